The van der Waals surface area contributed by atoms with Gasteiger partial charge in [-0.05, 0) is 167 Å². The van der Waals surface area contributed by atoms with E-state index in [1.807, 2.05) is 0 Å². The van der Waals surface area contributed by atoms with Gasteiger partial charge in [0.25, 0.3) is 0 Å². The molecule has 0 unspecified atom stereocenters. The summed E-state index contributed by atoms with van der Waals surface area (Å²) in [5.41, 5.74) is 14.2. The normalized spacial score (nSPS) is 23.1. The fourth-order valence-electron chi connectivity index (χ4n) is 13.1. The predicted molar refractivity (Wildman–Crippen MR) is 236 cm³/mol. The van der Waals surface area contributed by atoms with Gasteiger partial charge in [0.2, 0.25) is 0 Å². The smallest absolute Gasteiger partial charge is 0.0272 e. The minimum Gasteiger partial charge on any atom is -0.0616 e. The van der Waals surface area contributed by atoms with Gasteiger partial charge in [-0.15, -0.1) is 0 Å². The second-order valence-electron chi connectivity index (χ2n) is 17.6. The van der Waals surface area contributed by atoms with Crippen LogP contribution in [0.1, 0.15) is 43.2 Å². The average molecular weight is 715 g/mol. The first-order valence-electron chi connectivity index (χ1n) is 20.9. The van der Waals surface area contributed by atoms with Crippen molar-refractivity contribution in [3.63, 3.8) is 0 Å². The summed E-state index contributed by atoms with van der Waals surface area (Å²) >= 11 is 0. The van der Waals surface area contributed by atoms with Gasteiger partial charge in [0.05, 0.1) is 0 Å². The van der Waals surface area contributed by atoms with Gasteiger partial charge in [0.15, 0.2) is 0 Å². The van der Waals surface area contributed by atoms with Crippen LogP contribution in [0.3, 0.4) is 0 Å². The van der Waals surface area contributed by atoms with Crippen molar-refractivity contribution < 1.29 is 0 Å². The van der Waals surface area contributed by atoms with Crippen LogP contribution in [0, 0.1) is 23.7 Å². The van der Waals surface area contributed by atoms with Gasteiger partial charge in [0, 0.05) is 5.41 Å². The molecule has 0 heterocycles. The molecule has 0 heteroatoms. The zero-order valence-electron chi connectivity index (χ0n) is 31.5. The van der Waals surface area contributed by atoms with Gasteiger partial charge < -0.3 is 0 Å². The average Bonchev–Trinajstić information content (AvgIpc) is 3.54. The van der Waals surface area contributed by atoms with Crippen LogP contribution in [0.25, 0.3) is 87.6 Å². The maximum Gasteiger partial charge on any atom is 0.0272 e. The van der Waals surface area contributed by atoms with E-state index in [0.717, 1.165) is 23.7 Å². The Kier molecular flexibility index (Phi) is 6.43. The number of hydrogen-bond acceptors (Lipinski definition) is 0. The first-order valence-corrected chi connectivity index (χ1v) is 20.9. The molecule has 56 heavy (non-hydrogen) atoms. The van der Waals surface area contributed by atoms with Gasteiger partial charge in [0.1, 0.15) is 0 Å². The zero-order chi connectivity index (χ0) is 36.5. The quantitative estimate of drug-likeness (QED) is 0.160. The Morgan fingerprint density at radius 1 is 0.321 bits per heavy atom. The monoisotopic (exact) mass is 714 g/mol. The van der Waals surface area contributed by atoms with E-state index in [2.05, 4.69) is 170 Å². The summed E-state index contributed by atoms with van der Waals surface area (Å²) < 4.78 is 0. The summed E-state index contributed by atoms with van der Waals surface area (Å²) in [5, 5.41) is 10.6. The third kappa shape index (κ3) is 4.20. The maximum atomic E-state index is 2.69. The van der Waals surface area contributed by atoms with Crippen LogP contribution < -0.4 is 0 Å². The van der Waals surface area contributed by atoms with E-state index in [1.54, 1.807) is 11.1 Å². The maximum absolute atomic E-state index is 2.69. The van der Waals surface area contributed by atoms with E-state index in [4.69, 9.17) is 0 Å². The van der Waals surface area contributed by atoms with E-state index in [-0.39, 0.29) is 5.41 Å². The largest absolute Gasteiger partial charge is 0.0616 e. The highest BCUT2D eigenvalue weighted by molar-refractivity contribution is 6.21. The molecule has 4 saturated carbocycles. The Balaban J connectivity index is 1.02. The first-order chi connectivity index (χ1) is 27.7. The molecule has 4 fully saturated rings. The molecule has 0 saturated heterocycles. The predicted octanol–water partition coefficient (Wildman–Crippen LogP) is 15.0. The Morgan fingerprint density at radius 3 is 1.48 bits per heavy atom. The second kappa shape index (κ2) is 11.5. The van der Waals surface area contributed by atoms with E-state index < -0.39 is 0 Å². The summed E-state index contributed by atoms with van der Waals surface area (Å²) in [7, 11) is 0. The van der Waals surface area contributed by atoms with Crippen molar-refractivity contribution >= 4 is 43.1 Å². The highest BCUT2D eigenvalue weighted by Crippen LogP contribution is 2.70. The first kappa shape index (κ1) is 31.2. The highest BCUT2D eigenvalue weighted by atomic mass is 14.6. The molecule has 0 radical (unpaired) electrons. The van der Waals surface area contributed by atoms with Gasteiger partial charge in [-0.2, -0.15) is 0 Å². The summed E-state index contributed by atoms with van der Waals surface area (Å²) in [4.78, 5) is 0. The Morgan fingerprint density at radius 2 is 0.821 bits per heavy atom. The van der Waals surface area contributed by atoms with E-state index in [1.165, 1.54) is 120 Å². The van der Waals surface area contributed by atoms with Crippen molar-refractivity contribution in [2.24, 2.45) is 23.7 Å². The molecule has 0 aliphatic heterocycles. The third-order valence-electron chi connectivity index (χ3n) is 15.0. The van der Waals surface area contributed by atoms with Crippen LogP contribution in [0.4, 0.5) is 0 Å². The van der Waals surface area contributed by atoms with Gasteiger partial charge in [-0.25, -0.2) is 0 Å². The van der Waals surface area contributed by atoms with Gasteiger partial charge in [-0.1, -0.05) is 158 Å². The van der Waals surface area contributed by atoms with Crippen LogP contribution in [-0.2, 0) is 5.41 Å². The SMILES string of the molecule is c1ccc2cc(-c3ccc(-c4c5ccccc5c(-c5ccc6c(c5)C5(c7ccc8ccccc8c7-6)C6CC7CC(C6)CC5C7)c5ccccc45)cc3)ccc2c1. The van der Waals surface area contributed by atoms with Crippen molar-refractivity contribution in [2.75, 3.05) is 0 Å². The van der Waals surface area contributed by atoms with Crippen molar-refractivity contribution in [1.29, 1.82) is 0 Å². The van der Waals surface area contributed by atoms with E-state index in [9.17, 15) is 0 Å². The summed E-state index contributed by atoms with van der Waals surface area (Å²) in [6, 6.07) is 64.9. The van der Waals surface area contributed by atoms with Crippen molar-refractivity contribution in [3.05, 3.63) is 181 Å². The molecule has 0 N–H and O–H groups in total. The zero-order valence-corrected chi connectivity index (χ0v) is 31.5. The molecular weight excluding hydrogens is 673 g/mol. The van der Waals surface area contributed by atoms with E-state index in [0.29, 0.717) is 0 Å². The standard InChI is InChI=1S/C56H42/c1-2-11-40-32-41(22-19-36(40)9-1)37-17-20-39(21-18-37)53-46-13-5-7-15-48(46)54(49-16-8-6-14-47(49)53)42-23-25-50-52(33-42)56(43-28-34-27-35(30-43)31-44(56)29-34)51-26-24-38-10-3-4-12-45(38)55(50)51/h1-26,32-35,43-44H,27-31H2. The number of rotatable bonds is 3. The van der Waals surface area contributed by atoms with Crippen molar-refractivity contribution in [1.82, 2.24) is 0 Å². The highest BCUT2D eigenvalue weighted by Gasteiger charge is 2.61. The molecular formula is C56H42. The molecule has 0 aromatic heterocycles. The lowest BCUT2D eigenvalue weighted by Gasteiger charge is -2.61. The topological polar surface area (TPSA) is 0 Å². The Bertz CT molecular complexity index is 3000. The molecule has 0 nitrogen and oxygen atoms in total. The van der Waals surface area contributed by atoms with Crippen molar-refractivity contribution in [3.8, 4) is 44.5 Å². The van der Waals surface area contributed by atoms with Gasteiger partial charge >= 0.3 is 0 Å². The molecule has 5 aliphatic carbocycles. The third-order valence-corrected chi connectivity index (χ3v) is 15.0. The lowest BCUT2D eigenvalue weighted by atomic mass is 9.43. The molecule has 4 bridgehead atoms. The fraction of sp³-hybridized carbons (Fsp3) is 0.179. The number of benzene rings is 9. The van der Waals surface area contributed by atoms with E-state index >= 15 is 0 Å². The fourth-order valence-corrected chi connectivity index (χ4v) is 13.1. The second-order valence-corrected chi connectivity index (χ2v) is 17.6. The summed E-state index contributed by atoms with van der Waals surface area (Å²) in [5.74, 6) is 3.29. The lowest BCUT2D eigenvalue weighted by molar-refractivity contribution is -0.0399. The summed E-state index contributed by atoms with van der Waals surface area (Å²) in [6.45, 7) is 0. The summed E-state index contributed by atoms with van der Waals surface area (Å²) in [6.07, 6.45) is 7.04. The number of fused-ring (bicyclic) bond motifs is 8. The minimum atomic E-state index is 0.108. The molecule has 0 amide bonds. The molecule has 266 valence electrons. The Labute approximate surface area is 328 Å². The van der Waals surface area contributed by atoms with Crippen LogP contribution in [-0.4, -0.2) is 0 Å². The molecule has 14 rings (SSSR count). The number of hydrogen-bond donors (Lipinski definition) is 0. The lowest BCUT2D eigenvalue weighted by Crippen LogP contribution is -2.55. The molecule has 9 aromatic rings. The Hall–Kier alpha value is -5.98. The van der Waals surface area contributed by atoms with Crippen molar-refractivity contribution in [2.45, 2.75) is 37.5 Å². The molecule has 0 atom stereocenters. The van der Waals surface area contributed by atoms with Crippen LogP contribution in [0.2, 0.25) is 0 Å². The molecule has 1 spiro atoms. The molecule has 5 aliphatic rings. The van der Waals surface area contributed by atoms with Crippen LogP contribution >= 0.6 is 0 Å². The van der Waals surface area contributed by atoms with Crippen LogP contribution in [0.5, 0.6) is 0 Å². The van der Waals surface area contributed by atoms with Crippen LogP contribution in [0.15, 0.2) is 170 Å². The molecule has 9 aromatic carbocycles. The minimum absolute atomic E-state index is 0.108. The van der Waals surface area contributed by atoms with Gasteiger partial charge in [-0.3, -0.25) is 0 Å².